The van der Waals surface area contributed by atoms with E-state index in [1.807, 2.05) is 22.9 Å². The molecule has 1 N–H and O–H groups in total. The molecule has 24 heavy (non-hydrogen) atoms. The minimum atomic E-state index is -0.541. The molecule has 0 bridgehead atoms. The summed E-state index contributed by atoms with van der Waals surface area (Å²) in [5, 5.41) is 14.9. The maximum Gasteiger partial charge on any atom is 0.231 e. The number of fused-ring (bicyclic) bond motifs is 2. The second-order valence-corrected chi connectivity index (χ2v) is 6.73. The van der Waals surface area contributed by atoms with Crippen LogP contribution in [0.4, 0.5) is 0 Å². The molecule has 0 saturated carbocycles. The highest BCUT2D eigenvalue weighted by Gasteiger charge is 2.21. The maximum atomic E-state index is 9.74. The molecule has 0 radical (unpaired) electrons. The Bertz CT molecular complexity index is 760. The lowest BCUT2D eigenvalue weighted by Crippen LogP contribution is -2.23. The summed E-state index contributed by atoms with van der Waals surface area (Å²) in [4.78, 5) is 2.34. The van der Waals surface area contributed by atoms with Crippen molar-refractivity contribution in [1.82, 2.24) is 14.7 Å². The fourth-order valence-electron chi connectivity index (χ4n) is 3.21. The quantitative estimate of drug-likeness (QED) is 0.923. The second-order valence-electron chi connectivity index (χ2n) is 6.32. The van der Waals surface area contributed by atoms with Crippen molar-refractivity contribution in [3.63, 3.8) is 0 Å². The van der Waals surface area contributed by atoms with E-state index in [0.29, 0.717) is 10.8 Å². The summed E-state index contributed by atoms with van der Waals surface area (Å²) < 4.78 is 12.8. The number of halogens is 1. The number of nitrogens with zero attached hydrogens (tertiary/aromatic N) is 3. The van der Waals surface area contributed by atoms with Crippen LogP contribution >= 0.6 is 11.6 Å². The Morgan fingerprint density at radius 1 is 1.25 bits per heavy atom. The fraction of sp³-hybridized carbons (Fsp3) is 0.471. The highest BCUT2D eigenvalue weighted by Crippen LogP contribution is 2.37. The normalized spacial score (nSPS) is 18.3. The highest BCUT2D eigenvalue weighted by atomic mass is 35.5. The van der Waals surface area contributed by atoms with Crippen LogP contribution in [0.25, 0.3) is 0 Å². The number of aromatic nitrogens is 2. The van der Waals surface area contributed by atoms with Gasteiger partial charge in [0.05, 0.1) is 17.5 Å². The van der Waals surface area contributed by atoms with Crippen LogP contribution in [0.15, 0.2) is 18.2 Å². The molecule has 2 aliphatic rings. The van der Waals surface area contributed by atoms with E-state index in [1.54, 1.807) is 6.92 Å². The number of hydrogen-bond donors (Lipinski definition) is 1. The minimum absolute atomic E-state index is 0.250. The van der Waals surface area contributed by atoms with Gasteiger partial charge in [-0.05, 0) is 31.0 Å². The van der Waals surface area contributed by atoms with E-state index in [9.17, 15) is 5.11 Å². The molecule has 1 atom stereocenters. The fourth-order valence-corrected chi connectivity index (χ4v) is 3.42. The summed E-state index contributed by atoms with van der Waals surface area (Å²) >= 11 is 6.40. The molecule has 0 saturated heterocycles. The summed E-state index contributed by atoms with van der Waals surface area (Å²) in [7, 11) is 0. The summed E-state index contributed by atoms with van der Waals surface area (Å²) in [6.07, 6.45) is 0.469. The lowest BCUT2D eigenvalue weighted by atomic mass is 10.1. The highest BCUT2D eigenvalue weighted by molar-refractivity contribution is 6.31. The number of rotatable bonds is 3. The Labute approximate surface area is 145 Å². The molecular formula is C17H20ClN3O3. The first-order valence-corrected chi connectivity index (χ1v) is 8.53. The molecular weight excluding hydrogens is 330 g/mol. The van der Waals surface area contributed by atoms with Crippen LogP contribution in [0.1, 0.15) is 36.4 Å². The Morgan fingerprint density at radius 3 is 2.83 bits per heavy atom. The number of aliphatic hydroxyl groups excluding tert-OH is 1. The van der Waals surface area contributed by atoms with Gasteiger partial charge in [0, 0.05) is 37.3 Å². The predicted octanol–water partition coefficient (Wildman–Crippen LogP) is 2.72. The molecule has 7 heteroatoms. The molecule has 2 aromatic rings. The lowest BCUT2D eigenvalue weighted by molar-refractivity contribution is 0.174. The molecule has 2 aliphatic heterocycles. The zero-order valence-electron chi connectivity index (χ0n) is 13.5. The van der Waals surface area contributed by atoms with Crippen LogP contribution in [0.5, 0.6) is 11.5 Å². The minimum Gasteiger partial charge on any atom is -0.454 e. The van der Waals surface area contributed by atoms with Crippen LogP contribution in [0.2, 0.25) is 5.02 Å². The smallest absolute Gasteiger partial charge is 0.231 e. The Morgan fingerprint density at radius 2 is 2.04 bits per heavy atom. The van der Waals surface area contributed by atoms with Gasteiger partial charge in [-0.25, -0.2) is 0 Å². The third-order valence-corrected chi connectivity index (χ3v) is 4.83. The van der Waals surface area contributed by atoms with Gasteiger partial charge < -0.3 is 14.6 Å². The SMILES string of the molecule is C[C@@H](O)c1cc2n(n1)CCCN(Cc1cc3c(cc1Cl)OCO3)C2. The predicted molar refractivity (Wildman–Crippen MR) is 89.2 cm³/mol. The molecule has 0 unspecified atom stereocenters. The molecule has 0 spiro atoms. The number of ether oxygens (including phenoxy) is 2. The zero-order valence-corrected chi connectivity index (χ0v) is 14.3. The van der Waals surface area contributed by atoms with E-state index in [2.05, 4.69) is 10.00 Å². The molecule has 0 fully saturated rings. The van der Waals surface area contributed by atoms with Crippen LogP contribution in [-0.2, 0) is 19.6 Å². The van der Waals surface area contributed by atoms with Gasteiger partial charge >= 0.3 is 0 Å². The largest absolute Gasteiger partial charge is 0.454 e. The standard InChI is InChI=1S/C17H20ClN3O3/c1-11(22)15-6-13-9-20(3-2-4-21(13)19-15)8-12-5-16-17(7-14(12)18)24-10-23-16/h5-7,11,22H,2-4,8-10H2,1H3/t11-/m1/s1. The number of benzene rings is 1. The summed E-state index contributed by atoms with van der Waals surface area (Å²) in [5.74, 6) is 1.46. The van der Waals surface area contributed by atoms with Gasteiger partial charge in [-0.15, -0.1) is 0 Å². The van der Waals surface area contributed by atoms with Gasteiger partial charge in [0.25, 0.3) is 0 Å². The van der Waals surface area contributed by atoms with Crippen LogP contribution in [-0.4, -0.2) is 33.1 Å². The van der Waals surface area contributed by atoms with Gasteiger partial charge in [0.1, 0.15) is 0 Å². The third kappa shape index (κ3) is 2.97. The van der Waals surface area contributed by atoms with E-state index in [-0.39, 0.29) is 6.79 Å². The Hall–Kier alpha value is -1.76. The molecule has 128 valence electrons. The van der Waals surface area contributed by atoms with Crippen LogP contribution in [0.3, 0.4) is 0 Å². The van der Waals surface area contributed by atoms with E-state index in [1.165, 1.54) is 0 Å². The first kappa shape index (κ1) is 15.7. The van der Waals surface area contributed by atoms with Crippen molar-refractivity contribution in [3.8, 4) is 11.5 Å². The molecule has 0 aliphatic carbocycles. The van der Waals surface area contributed by atoms with Crippen molar-refractivity contribution in [1.29, 1.82) is 0 Å². The number of aliphatic hydroxyl groups is 1. The van der Waals surface area contributed by atoms with Crippen LogP contribution < -0.4 is 9.47 Å². The third-order valence-electron chi connectivity index (χ3n) is 4.48. The van der Waals surface area contributed by atoms with Crippen molar-refractivity contribution in [2.24, 2.45) is 0 Å². The molecule has 1 aromatic carbocycles. The summed E-state index contributed by atoms with van der Waals surface area (Å²) in [5.41, 5.74) is 2.89. The lowest BCUT2D eigenvalue weighted by Gasteiger charge is -2.20. The van der Waals surface area contributed by atoms with Crippen molar-refractivity contribution in [2.75, 3.05) is 13.3 Å². The zero-order chi connectivity index (χ0) is 16.7. The first-order chi connectivity index (χ1) is 11.6. The summed E-state index contributed by atoms with van der Waals surface area (Å²) in [6, 6.07) is 5.78. The molecule has 4 rings (SSSR count). The van der Waals surface area contributed by atoms with E-state index in [0.717, 1.165) is 55.3 Å². The molecule has 1 aromatic heterocycles. The van der Waals surface area contributed by atoms with Crippen molar-refractivity contribution in [3.05, 3.63) is 40.2 Å². The van der Waals surface area contributed by atoms with Crippen molar-refractivity contribution >= 4 is 11.6 Å². The van der Waals surface area contributed by atoms with Gasteiger partial charge in [0.15, 0.2) is 11.5 Å². The van der Waals surface area contributed by atoms with Gasteiger partial charge in [-0.1, -0.05) is 11.6 Å². The molecule has 6 nitrogen and oxygen atoms in total. The first-order valence-electron chi connectivity index (χ1n) is 8.15. The van der Waals surface area contributed by atoms with Crippen LogP contribution in [0, 0.1) is 0 Å². The summed E-state index contributed by atoms with van der Waals surface area (Å²) in [6.45, 7) is 5.35. The van der Waals surface area contributed by atoms with Gasteiger partial charge in [-0.2, -0.15) is 5.10 Å². The van der Waals surface area contributed by atoms with Crippen molar-refractivity contribution in [2.45, 2.75) is 39.1 Å². The maximum absolute atomic E-state index is 9.74. The second kappa shape index (κ2) is 6.27. The average molecular weight is 350 g/mol. The Balaban J connectivity index is 1.54. The van der Waals surface area contributed by atoms with Crippen molar-refractivity contribution < 1.29 is 14.6 Å². The van der Waals surface area contributed by atoms with E-state index < -0.39 is 6.10 Å². The monoisotopic (exact) mass is 349 g/mol. The molecule has 3 heterocycles. The Kier molecular flexibility index (Phi) is 4.12. The number of aryl methyl sites for hydroxylation is 1. The average Bonchev–Trinajstić information content (AvgIpc) is 3.10. The molecule has 0 amide bonds. The topological polar surface area (TPSA) is 59.8 Å². The number of hydrogen-bond acceptors (Lipinski definition) is 5. The van der Waals surface area contributed by atoms with Gasteiger partial charge in [0.2, 0.25) is 6.79 Å². The van der Waals surface area contributed by atoms with E-state index in [4.69, 9.17) is 21.1 Å². The van der Waals surface area contributed by atoms with Gasteiger partial charge in [-0.3, -0.25) is 9.58 Å². The van der Waals surface area contributed by atoms with E-state index >= 15 is 0 Å².